The molecule has 0 saturated heterocycles. The van der Waals surface area contributed by atoms with Crippen LogP contribution < -0.4 is 16.6 Å². The molecule has 39 heavy (non-hydrogen) atoms. The first-order valence-corrected chi connectivity index (χ1v) is 13.5. The minimum Gasteiger partial charge on any atom is -0.365 e. The molecule has 3 heterocycles. The highest BCUT2D eigenvalue weighted by molar-refractivity contribution is 7.15. The number of primary amides is 1. The third-order valence-corrected chi connectivity index (χ3v) is 7.77. The van der Waals surface area contributed by atoms with Gasteiger partial charge in [-0.1, -0.05) is 55.0 Å². The molecule has 3 N–H and O–H groups in total. The second-order valence-corrected chi connectivity index (χ2v) is 10.4. The van der Waals surface area contributed by atoms with Crippen molar-refractivity contribution in [1.29, 1.82) is 0 Å². The monoisotopic (exact) mass is 539 g/mol. The number of nitrogens with zero attached hydrogens (tertiary/aromatic N) is 3. The van der Waals surface area contributed by atoms with E-state index in [-0.39, 0.29) is 11.1 Å². The van der Waals surface area contributed by atoms with E-state index in [2.05, 4.69) is 5.32 Å². The molecule has 0 saturated carbocycles. The molecule has 198 valence electrons. The van der Waals surface area contributed by atoms with Crippen molar-refractivity contribution in [3.63, 3.8) is 0 Å². The van der Waals surface area contributed by atoms with E-state index in [0.717, 1.165) is 33.5 Å². The smallest absolute Gasteiger partial charge is 0.253 e. The summed E-state index contributed by atoms with van der Waals surface area (Å²) in [6, 6.07) is 17.9. The topological polar surface area (TPSA) is 112 Å². The van der Waals surface area contributed by atoms with Gasteiger partial charge in [-0.15, -0.1) is 11.3 Å². The summed E-state index contributed by atoms with van der Waals surface area (Å²) >= 11 is 1.23. The van der Waals surface area contributed by atoms with Crippen molar-refractivity contribution in [2.45, 2.75) is 40.2 Å². The lowest BCUT2D eigenvalue weighted by atomic mass is 10.0. The van der Waals surface area contributed by atoms with Crippen molar-refractivity contribution < 1.29 is 9.59 Å². The molecule has 1 atom stereocenters. The fraction of sp³-hybridized carbons (Fsp3) is 0.200. The molecule has 5 rings (SSSR count). The minimum atomic E-state index is -0.857. The SMILES string of the molecule is CCC(C(=O)Nc1scc(-c2ccc(C)cc2)c1C(N)=O)n1c(=O)cc(C)c2c(C)nn(-c3ccccc3)c21. The summed E-state index contributed by atoms with van der Waals surface area (Å²) in [4.78, 5) is 39.8. The lowest BCUT2D eigenvalue weighted by molar-refractivity contribution is -0.119. The Morgan fingerprint density at radius 3 is 2.38 bits per heavy atom. The standard InChI is InChI=1S/C30H29N5O3S/c1-5-23(28(38)32-29-26(27(31)37)22(16-39-29)20-13-11-17(2)12-14-20)34-24(36)15-18(3)25-19(4)33-35(30(25)34)21-9-7-6-8-10-21/h6-16,23H,5H2,1-4H3,(H2,31,37)(H,32,38). The number of pyridine rings is 1. The Labute approximate surface area is 229 Å². The highest BCUT2D eigenvalue weighted by Gasteiger charge is 2.28. The Hall–Kier alpha value is -4.50. The zero-order chi connectivity index (χ0) is 27.8. The van der Waals surface area contributed by atoms with Gasteiger partial charge in [0.25, 0.3) is 11.5 Å². The first kappa shape index (κ1) is 26.1. The number of rotatable bonds is 7. The molecule has 2 aromatic carbocycles. The average Bonchev–Trinajstić information content (AvgIpc) is 3.48. The Morgan fingerprint density at radius 1 is 1.05 bits per heavy atom. The molecule has 0 spiro atoms. The van der Waals surface area contributed by atoms with Gasteiger partial charge in [-0.3, -0.25) is 19.0 Å². The van der Waals surface area contributed by atoms with Gasteiger partial charge < -0.3 is 11.1 Å². The van der Waals surface area contributed by atoms with Gasteiger partial charge in [-0.2, -0.15) is 5.10 Å². The van der Waals surface area contributed by atoms with Crippen molar-refractivity contribution in [2.24, 2.45) is 5.73 Å². The lowest BCUT2D eigenvalue weighted by Crippen LogP contribution is -2.34. The fourth-order valence-corrected chi connectivity index (χ4v) is 5.98. The van der Waals surface area contributed by atoms with E-state index < -0.39 is 17.9 Å². The van der Waals surface area contributed by atoms with Crippen molar-refractivity contribution in [3.05, 3.63) is 98.8 Å². The first-order chi connectivity index (χ1) is 18.7. The Kier molecular flexibility index (Phi) is 6.93. The van der Waals surface area contributed by atoms with E-state index in [1.165, 1.54) is 22.0 Å². The summed E-state index contributed by atoms with van der Waals surface area (Å²) < 4.78 is 3.22. The van der Waals surface area contributed by atoms with Crippen LogP contribution in [0, 0.1) is 20.8 Å². The number of carbonyl (C=O) groups excluding carboxylic acids is 2. The predicted octanol–water partition coefficient (Wildman–Crippen LogP) is 5.53. The molecule has 0 bridgehead atoms. The molecule has 5 aromatic rings. The first-order valence-electron chi connectivity index (χ1n) is 12.7. The van der Waals surface area contributed by atoms with E-state index >= 15 is 0 Å². The maximum absolute atomic E-state index is 13.8. The minimum absolute atomic E-state index is 0.249. The number of hydrogen-bond donors (Lipinski definition) is 2. The van der Waals surface area contributed by atoms with Crippen molar-refractivity contribution in [2.75, 3.05) is 5.32 Å². The summed E-state index contributed by atoms with van der Waals surface area (Å²) in [7, 11) is 0. The van der Waals surface area contributed by atoms with Crippen LogP contribution in [0.1, 0.15) is 46.6 Å². The van der Waals surface area contributed by atoms with Gasteiger partial charge in [-0.25, -0.2) is 4.68 Å². The van der Waals surface area contributed by atoms with E-state index in [0.29, 0.717) is 22.6 Å². The summed E-state index contributed by atoms with van der Waals surface area (Å²) in [5.41, 5.74) is 11.2. The fourth-order valence-electron chi connectivity index (χ4n) is 5.00. The number of aromatic nitrogens is 3. The quantitative estimate of drug-likeness (QED) is 0.283. The molecule has 1 unspecified atom stereocenters. The molecular formula is C30H29N5O3S. The number of carbonyl (C=O) groups is 2. The maximum Gasteiger partial charge on any atom is 0.253 e. The Balaban J connectivity index is 1.61. The highest BCUT2D eigenvalue weighted by atomic mass is 32.1. The van der Waals surface area contributed by atoms with Gasteiger partial charge in [0, 0.05) is 22.4 Å². The number of nitrogens with one attached hydrogen (secondary N) is 1. The maximum atomic E-state index is 13.8. The lowest BCUT2D eigenvalue weighted by Gasteiger charge is -2.20. The van der Waals surface area contributed by atoms with Crippen LogP contribution in [-0.4, -0.2) is 26.2 Å². The number of aryl methyl sites for hydroxylation is 3. The van der Waals surface area contributed by atoms with Crippen LogP contribution in [0.3, 0.4) is 0 Å². The van der Waals surface area contributed by atoms with Crippen LogP contribution in [-0.2, 0) is 4.79 Å². The number of benzene rings is 2. The van der Waals surface area contributed by atoms with E-state index in [4.69, 9.17) is 10.8 Å². The second kappa shape index (κ2) is 10.3. The molecule has 8 nitrogen and oxygen atoms in total. The van der Waals surface area contributed by atoms with Crippen molar-refractivity contribution in [3.8, 4) is 16.8 Å². The van der Waals surface area contributed by atoms with Crippen LogP contribution in [0.25, 0.3) is 27.8 Å². The van der Waals surface area contributed by atoms with Gasteiger partial charge in [0.15, 0.2) is 0 Å². The summed E-state index contributed by atoms with van der Waals surface area (Å²) in [5.74, 6) is -1.05. The number of amides is 2. The summed E-state index contributed by atoms with van der Waals surface area (Å²) in [5, 5.41) is 10.6. The van der Waals surface area contributed by atoms with Crippen LogP contribution in [0.15, 0.2) is 70.8 Å². The number of hydrogen-bond acceptors (Lipinski definition) is 5. The molecule has 0 fully saturated rings. The third-order valence-electron chi connectivity index (χ3n) is 6.87. The van der Waals surface area contributed by atoms with Crippen molar-refractivity contribution in [1.82, 2.24) is 14.3 Å². The van der Waals surface area contributed by atoms with Gasteiger partial charge in [-0.05, 0) is 50.5 Å². The number of para-hydroxylation sites is 1. The number of fused-ring (bicyclic) bond motifs is 1. The molecule has 0 radical (unpaired) electrons. The zero-order valence-corrected chi connectivity index (χ0v) is 23.0. The summed E-state index contributed by atoms with van der Waals surface area (Å²) in [6.07, 6.45) is 0.338. The van der Waals surface area contributed by atoms with Gasteiger partial charge in [0.05, 0.1) is 16.9 Å². The van der Waals surface area contributed by atoms with Crippen LogP contribution in [0.2, 0.25) is 0 Å². The third kappa shape index (κ3) is 4.66. The Morgan fingerprint density at radius 2 is 1.74 bits per heavy atom. The zero-order valence-electron chi connectivity index (χ0n) is 22.2. The molecule has 0 aliphatic heterocycles. The number of anilines is 1. The van der Waals surface area contributed by atoms with Crippen molar-refractivity contribution >= 4 is 39.2 Å². The second-order valence-electron chi connectivity index (χ2n) is 9.56. The largest absolute Gasteiger partial charge is 0.365 e. The predicted molar refractivity (Wildman–Crippen MR) is 156 cm³/mol. The molecule has 2 amide bonds. The van der Waals surface area contributed by atoms with Crippen LogP contribution >= 0.6 is 11.3 Å². The van der Waals surface area contributed by atoms with Gasteiger partial charge in [0.1, 0.15) is 16.7 Å². The molecule has 9 heteroatoms. The Bertz CT molecular complexity index is 1760. The number of thiophene rings is 1. The molecule has 0 aliphatic rings. The molecular weight excluding hydrogens is 510 g/mol. The van der Waals surface area contributed by atoms with Crippen LogP contribution in [0.4, 0.5) is 5.00 Å². The molecule has 0 aliphatic carbocycles. The average molecular weight is 540 g/mol. The highest BCUT2D eigenvalue weighted by Crippen LogP contribution is 2.36. The van der Waals surface area contributed by atoms with Crippen LogP contribution in [0.5, 0.6) is 0 Å². The van der Waals surface area contributed by atoms with Gasteiger partial charge >= 0.3 is 0 Å². The molecule has 3 aromatic heterocycles. The van der Waals surface area contributed by atoms with E-state index in [1.54, 1.807) is 4.68 Å². The van der Waals surface area contributed by atoms with Gasteiger partial charge in [0.2, 0.25) is 5.91 Å². The summed E-state index contributed by atoms with van der Waals surface area (Å²) in [6.45, 7) is 7.59. The van der Waals surface area contributed by atoms with E-state index in [1.807, 2.05) is 87.7 Å². The van der Waals surface area contributed by atoms with E-state index in [9.17, 15) is 14.4 Å². The number of nitrogens with two attached hydrogens (primary N) is 1. The normalized spacial score (nSPS) is 12.0.